The number of nitrogens with one attached hydrogen (secondary N) is 1. The largest absolute Gasteiger partial charge is 0.357 e. The van der Waals surface area contributed by atoms with Crippen molar-refractivity contribution < 1.29 is 9.32 Å². The summed E-state index contributed by atoms with van der Waals surface area (Å²) in [5.41, 5.74) is 0.861. The van der Waals surface area contributed by atoms with Gasteiger partial charge in [0.2, 0.25) is 17.6 Å². The number of benzene rings is 1. The molecular weight excluding hydrogens is 507 g/mol. The van der Waals surface area contributed by atoms with Gasteiger partial charge in [0.25, 0.3) is 0 Å². The molecule has 0 unspecified atom stereocenters. The molecule has 0 aliphatic carbocycles. The van der Waals surface area contributed by atoms with Crippen molar-refractivity contribution in [2.45, 2.75) is 20.3 Å². The van der Waals surface area contributed by atoms with Gasteiger partial charge < -0.3 is 19.6 Å². The molecule has 2 aromatic rings. The fourth-order valence-corrected chi connectivity index (χ4v) is 3.12. The Kier molecular flexibility index (Phi) is 9.15. The lowest BCUT2D eigenvalue weighted by Gasteiger charge is -2.36. The number of hydrogen-bond donors (Lipinski definition) is 1. The van der Waals surface area contributed by atoms with Crippen molar-refractivity contribution in [3.63, 3.8) is 0 Å². The second-order valence-electron chi connectivity index (χ2n) is 6.50. The molecule has 8 nitrogen and oxygen atoms in total. The van der Waals surface area contributed by atoms with Crippen molar-refractivity contribution in [3.05, 3.63) is 35.2 Å². The molecule has 0 atom stereocenters. The lowest BCUT2D eigenvalue weighted by atomic mass is 10.2. The van der Waals surface area contributed by atoms with Gasteiger partial charge in [-0.2, -0.15) is 4.98 Å². The van der Waals surface area contributed by atoms with Gasteiger partial charge in [-0.15, -0.1) is 24.0 Å². The molecule has 0 saturated carbocycles. The number of halogens is 2. The number of piperazine rings is 1. The Morgan fingerprint density at radius 3 is 2.48 bits per heavy atom. The second-order valence-corrected chi connectivity index (χ2v) is 6.93. The molecule has 2 heterocycles. The standard InChI is InChI=1S/C19H25ClN6O2.HI/c1-3-21-19(26-12-10-25(11-13-26)14(2)27)22-9-8-17-23-18(24-28-17)15-4-6-16(20)7-5-15;/h4-7H,3,8-13H2,1-2H3,(H,21,22);1H. The Morgan fingerprint density at radius 1 is 1.21 bits per heavy atom. The molecule has 1 amide bonds. The lowest BCUT2D eigenvalue weighted by molar-refractivity contribution is -0.130. The van der Waals surface area contributed by atoms with Gasteiger partial charge >= 0.3 is 0 Å². The van der Waals surface area contributed by atoms with Crippen LogP contribution in [0.25, 0.3) is 11.4 Å². The summed E-state index contributed by atoms with van der Waals surface area (Å²) < 4.78 is 5.34. The van der Waals surface area contributed by atoms with Gasteiger partial charge in [0, 0.05) is 56.7 Å². The molecule has 0 bridgehead atoms. The predicted octanol–water partition coefficient (Wildman–Crippen LogP) is 2.68. The number of guanidine groups is 1. The zero-order valence-corrected chi connectivity index (χ0v) is 19.7. The minimum absolute atomic E-state index is 0. The van der Waals surface area contributed by atoms with Crippen LogP contribution in [0, 0.1) is 0 Å². The number of rotatable bonds is 5. The summed E-state index contributed by atoms with van der Waals surface area (Å²) in [5, 5.41) is 8.00. The number of nitrogens with zero attached hydrogens (tertiary/aromatic N) is 5. The Hall–Kier alpha value is -1.88. The Labute approximate surface area is 192 Å². The van der Waals surface area contributed by atoms with E-state index in [1.165, 1.54) is 0 Å². The van der Waals surface area contributed by atoms with E-state index in [-0.39, 0.29) is 29.9 Å². The van der Waals surface area contributed by atoms with Gasteiger partial charge in [0.15, 0.2) is 5.96 Å². The molecule has 158 valence electrons. The Morgan fingerprint density at radius 2 is 1.86 bits per heavy atom. The van der Waals surface area contributed by atoms with Crippen molar-refractivity contribution >= 4 is 47.4 Å². The zero-order chi connectivity index (χ0) is 19.9. The highest BCUT2D eigenvalue weighted by Crippen LogP contribution is 2.18. The summed E-state index contributed by atoms with van der Waals surface area (Å²) in [4.78, 5) is 24.6. The number of hydrogen-bond acceptors (Lipinski definition) is 5. The van der Waals surface area contributed by atoms with Crippen molar-refractivity contribution in [2.24, 2.45) is 4.99 Å². The van der Waals surface area contributed by atoms with Crippen LogP contribution in [0.5, 0.6) is 0 Å². The molecular formula is C19H26ClIN6O2. The third-order valence-electron chi connectivity index (χ3n) is 4.52. The zero-order valence-electron chi connectivity index (χ0n) is 16.6. The van der Waals surface area contributed by atoms with Gasteiger partial charge in [0.05, 0.1) is 6.54 Å². The minimum Gasteiger partial charge on any atom is -0.357 e. The van der Waals surface area contributed by atoms with E-state index < -0.39 is 0 Å². The lowest BCUT2D eigenvalue weighted by Crippen LogP contribution is -2.53. The third-order valence-corrected chi connectivity index (χ3v) is 4.77. The van der Waals surface area contributed by atoms with Crippen LogP contribution in [0.2, 0.25) is 5.02 Å². The van der Waals surface area contributed by atoms with E-state index in [2.05, 4.69) is 25.3 Å². The average Bonchev–Trinajstić information content (AvgIpc) is 3.17. The van der Waals surface area contributed by atoms with Crippen LogP contribution in [0.15, 0.2) is 33.8 Å². The van der Waals surface area contributed by atoms with Gasteiger partial charge in [-0.05, 0) is 31.2 Å². The van der Waals surface area contributed by atoms with E-state index in [4.69, 9.17) is 16.1 Å². The molecule has 1 aromatic carbocycles. The molecule has 10 heteroatoms. The third kappa shape index (κ3) is 6.56. The molecule has 0 radical (unpaired) electrons. The first-order valence-electron chi connectivity index (χ1n) is 9.44. The van der Waals surface area contributed by atoms with E-state index >= 15 is 0 Å². The summed E-state index contributed by atoms with van der Waals surface area (Å²) in [6.45, 7) is 7.95. The number of amides is 1. The second kappa shape index (κ2) is 11.3. The van der Waals surface area contributed by atoms with Gasteiger partial charge in [-0.25, -0.2) is 0 Å². The highest BCUT2D eigenvalue weighted by molar-refractivity contribution is 14.0. The number of carbonyl (C=O) groups is 1. The summed E-state index contributed by atoms with van der Waals surface area (Å²) in [5.74, 6) is 2.06. The fourth-order valence-electron chi connectivity index (χ4n) is 2.99. The van der Waals surface area contributed by atoms with E-state index in [0.29, 0.717) is 42.8 Å². The summed E-state index contributed by atoms with van der Waals surface area (Å²) in [6, 6.07) is 7.32. The first-order valence-corrected chi connectivity index (χ1v) is 9.82. The van der Waals surface area contributed by atoms with E-state index in [0.717, 1.165) is 31.2 Å². The average molecular weight is 533 g/mol. The maximum atomic E-state index is 11.5. The Balaban J connectivity index is 0.00000300. The van der Waals surface area contributed by atoms with Crippen molar-refractivity contribution in [1.29, 1.82) is 0 Å². The first-order chi connectivity index (χ1) is 13.6. The molecule has 0 spiro atoms. The van der Waals surface area contributed by atoms with E-state index in [1.54, 1.807) is 19.1 Å². The number of aliphatic imine (C=N–C) groups is 1. The maximum Gasteiger partial charge on any atom is 0.228 e. The van der Waals surface area contributed by atoms with E-state index in [1.807, 2.05) is 24.0 Å². The highest BCUT2D eigenvalue weighted by atomic mass is 127. The van der Waals surface area contributed by atoms with Crippen LogP contribution < -0.4 is 5.32 Å². The van der Waals surface area contributed by atoms with Gasteiger partial charge in [-0.3, -0.25) is 9.79 Å². The highest BCUT2D eigenvalue weighted by Gasteiger charge is 2.20. The maximum absolute atomic E-state index is 11.5. The summed E-state index contributed by atoms with van der Waals surface area (Å²) in [6.07, 6.45) is 0.558. The molecule has 3 rings (SSSR count). The van der Waals surface area contributed by atoms with Crippen LogP contribution in [-0.4, -0.2) is 71.1 Å². The molecule has 1 N–H and O–H groups in total. The van der Waals surface area contributed by atoms with Crippen LogP contribution in [0.1, 0.15) is 19.7 Å². The van der Waals surface area contributed by atoms with Crippen molar-refractivity contribution in [2.75, 3.05) is 39.3 Å². The monoisotopic (exact) mass is 532 g/mol. The van der Waals surface area contributed by atoms with Crippen LogP contribution in [-0.2, 0) is 11.2 Å². The molecule has 1 saturated heterocycles. The van der Waals surface area contributed by atoms with E-state index in [9.17, 15) is 4.79 Å². The molecule has 1 fully saturated rings. The fraction of sp³-hybridized carbons (Fsp3) is 0.474. The molecule has 1 aromatic heterocycles. The summed E-state index contributed by atoms with van der Waals surface area (Å²) in [7, 11) is 0. The molecule has 29 heavy (non-hydrogen) atoms. The SMILES string of the molecule is CCNC(=NCCc1nc(-c2ccc(Cl)cc2)no1)N1CCN(C(C)=O)CC1.I. The number of aromatic nitrogens is 2. The molecule has 1 aliphatic rings. The minimum atomic E-state index is 0. The topological polar surface area (TPSA) is 86.9 Å². The normalized spacial score (nSPS) is 14.5. The van der Waals surface area contributed by atoms with Crippen LogP contribution in [0.3, 0.4) is 0 Å². The van der Waals surface area contributed by atoms with Gasteiger partial charge in [0.1, 0.15) is 0 Å². The van der Waals surface area contributed by atoms with Gasteiger partial charge in [-0.1, -0.05) is 16.8 Å². The van der Waals surface area contributed by atoms with Crippen LogP contribution >= 0.6 is 35.6 Å². The Bertz CT molecular complexity index is 818. The number of carbonyl (C=O) groups excluding carboxylic acids is 1. The first kappa shape index (κ1) is 23.4. The summed E-state index contributed by atoms with van der Waals surface area (Å²) >= 11 is 5.91. The van der Waals surface area contributed by atoms with Crippen LogP contribution in [0.4, 0.5) is 0 Å². The predicted molar refractivity (Wildman–Crippen MR) is 124 cm³/mol. The van der Waals surface area contributed by atoms with Crippen molar-refractivity contribution in [1.82, 2.24) is 25.3 Å². The molecule has 1 aliphatic heterocycles. The quantitative estimate of drug-likeness (QED) is 0.362. The van der Waals surface area contributed by atoms with Crippen molar-refractivity contribution in [3.8, 4) is 11.4 Å². The smallest absolute Gasteiger partial charge is 0.228 e.